The molecule has 1 heterocycles. The van der Waals surface area contributed by atoms with E-state index >= 15 is 0 Å². The van der Waals surface area contributed by atoms with Gasteiger partial charge in [0.1, 0.15) is 10.4 Å². The summed E-state index contributed by atoms with van der Waals surface area (Å²) < 4.78 is 26.3. The number of hydrogen-bond acceptors (Lipinski definition) is 7. The van der Waals surface area contributed by atoms with Crippen molar-refractivity contribution >= 4 is 32.2 Å². The van der Waals surface area contributed by atoms with Crippen molar-refractivity contribution in [2.75, 3.05) is 10.1 Å². The molecule has 0 aliphatic rings. The Hall–Kier alpha value is -1.71. The van der Waals surface area contributed by atoms with E-state index in [0.29, 0.717) is 5.69 Å². The van der Waals surface area contributed by atoms with Gasteiger partial charge in [0.15, 0.2) is 0 Å². The second kappa shape index (κ2) is 4.65. The van der Waals surface area contributed by atoms with Gasteiger partial charge in [0.05, 0.1) is 5.69 Å². The fourth-order valence-corrected chi connectivity index (χ4v) is 3.07. The van der Waals surface area contributed by atoms with Crippen molar-refractivity contribution in [3.63, 3.8) is 0 Å². The number of rotatable bonds is 4. The molecule has 0 unspecified atom stereocenters. The molecule has 0 saturated carbocycles. The van der Waals surface area contributed by atoms with Crippen LogP contribution >= 0.6 is 11.3 Å². The Labute approximate surface area is 102 Å². The van der Waals surface area contributed by atoms with E-state index in [2.05, 4.69) is 20.3 Å². The summed E-state index contributed by atoms with van der Waals surface area (Å²) in [6.07, 6.45) is 0. The third-order valence-electron chi connectivity index (χ3n) is 1.91. The first-order valence-electron chi connectivity index (χ1n) is 4.48. The maximum absolute atomic E-state index is 12.0. The van der Waals surface area contributed by atoms with Crippen LogP contribution in [-0.4, -0.2) is 18.6 Å². The van der Waals surface area contributed by atoms with Crippen LogP contribution in [0, 0.1) is 0 Å². The zero-order valence-electron chi connectivity index (χ0n) is 8.49. The number of sulfonamides is 1. The summed E-state index contributed by atoms with van der Waals surface area (Å²) in [5.41, 5.74) is 4.07. The third-order valence-corrected chi connectivity index (χ3v) is 4.05. The predicted octanol–water partition coefficient (Wildman–Crippen LogP) is 0.625. The molecular formula is C8H9N5O2S2. The van der Waals surface area contributed by atoms with Crippen molar-refractivity contribution < 1.29 is 8.42 Å². The molecule has 7 nitrogen and oxygen atoms in total. The summed E-state index contributed by atoms with van der Waals surface area (Å²) in [4.78, 5) is 0.0534. The van der Waals surface area contributed by atoms with Gasteiger partial charge in [0, 0.05) is 0 Å². The second-order valence-electron chi connectivity index (χ2n) is 2.99. The number of anilines is 2. The largest absolute Gasteiger partial charge is 0.323 e. The Kier molecular flexibility index (Phi) is 3.22. The molecule has 9 heteroatoms. The molecule has 4 N–H and O–H groups in total. The van der Waals surface area contributed by atoms with Crippen LogP contribution < -0.4 is 16.0 Å². The molecule has 17 heavy (non-hydrogen) atoms. The molecule has 2 rings (SSSR count). The molecule has 1 aromatic carbocycles. The molecule has 0 bridgehead atoms. The molecular weight excluding hydrogens is 262 g/mol. The minimum absolute atomic E-state index is 0.0534. The zero-order valence-corrected chi connectivity index (χ0v) is 10.1. The molecule has 2 aromatic rings. The van der Waals surface area contributed by atoms with Crippen molar-refractivity contribution in [2.45, 2.75) is 4.90 Å². The highest BCUT2D eigenvalue weighted by Gasteiger charge is 2.19. The van der Waals surface area contributed by atoms with E-state index in [-0.39, 0.29) is 10.0 Å². The monoisotopic (exact) mass is 271 g/mol. The van der Waals surface area contributed by atoms with E-state index in [9.17, 15) is 8.42 Å². The smallest absolute Gasteiger partial charge is 0.265 e. The molecule has 0 aliphatic heterocycles. The van der Waals surface area contributed by atoms with Gasteiger partial charge in [-0.1, -0.05) is 23.5 Å². The molecule has 0 fully saturated rings. The van der Waals surface area contributed by atoms with Crippen LogP contribution in [0.3, 0.4) is 0 Å². The van der Waals surface area contributed by atoms with Crippen LogP contribution in [0.2, 0.25) is 0 Å². The van der Waals surface area contributed by atoms with E-state index < -0.39 is 10.0 Å². The van der Waals surface area contributed by atoms with Crippen LogP contribution in [0.1, 0.15) is 0 Å². The van der Waals surface area contributed by atoms with Gasteiger partial charge in [-0.05, 0) is 12.1 Å². The highest BCUT2D eigenvalue weighted by Crippen LogP contribution is 2.22. The lowest BCUT2D eigenvalue weighted by molar-refractivity contribution is 0.601. The lowest BCUT2D eigenvalue weighted by Crippen LogP contribution is -2.17. The van der Waals surface area contributed by atoms with Gasteiger partial charge >= 0.3 is 0 Å². The van der Waals surface area contributed by atoms with Crippen molar-refractivity contribution in [1.82, 2.24) is 10.2 Å². The Balaban J connectivity index is 2.38. The van der Waals surface area contributed by atoms with Crippen LogP contribution in [0.25, 0.3) is 0 Å². The van der Waals surface area contributed by atoms with E-state index in [1.165, 1.54) is 11.6 Å². The summed E-state index contributed by atoms with van der Waals surface area (Å²) in [6.45, 7) is 0. The highest BCUT2D eigenvalue weighted by molar-refractivity contribution is 7.93. The van der Waals surface area contributed by atoms with Gasteiger partial charge in [-0.15, -0.1) is 10.2 Å². The first kappa shape index (κ1) is 11.8. The number of hydrogen-bond donors (Lipinski definition) is 3. The van der Waals surface area contributed by atoms with Crippen molar-refractivity contribution in [3.05, 3.63) is 29.8 Å². The first-order valence-corrected chi connectivity index (χ1v) is 6.84. The van der Waals surface area contributed by atoms with Crippen molar-refractivity contribution in [3.8, 4) is 0 Å². The van der Waals surface area contributed by atoms with Gasteiger partial charge in [-0.3, -0.25) is 10.6 Å². The summed E-state index contributed by atoms with van der Waals surface area (Å²) in [5.74, 6) is 5.25. The summed E-state index contributed by atoms with van der Waals surface area (Å²) >= 11 is 1.09. The van der Waals surface area contributed by atoms with Crippen LogP contribution in [0.5, 0.6) is 0 Å². The SMILES string of the molecule is NNc1ccccc1S(=O)(=O)Nc1nncs1. The second-order valence-corrected chi connectivity index (χ2v) is 5.47. The molecule has 0 atom stereocenters. The van der Waals surface area contributed by atoms with E-state index in [1.807, 2.05) is 0 Å². The summed E-state index contributed by atoms with van der Waals surface area (Å²) in [7, 11) is -3.71. The number of nitrogens with two attached hydrogens (primary N) is 1. The van der Waals surface area contributed by atoms with Crippen LogP contribution in [0.15, 0.2) is 34.7 Å². The Bertz CT molecular complexity index is 596. The molecule has 0 amide bonds. The van der Waals surface area contributed by atoms with Gasteiger partial charge in [0.25, 0.3) is 10.0 Å². The number of nitrogens with one attached hydrogen (secondary N) is 2. The average molecular weight is 271 g/mol. The maximum atomic E-state index is 12.0. The van der Waals surface area contributed by atoms with Crippen LogP contribution in [0.4, 0.5) is 10.8 Å². The average Bonchev–Trinajstić information content (AvgIpc) is 2.81. The molecule has 0 saturated heterocycles. The lowest BCUT2D eigenvalue weighted by atomic mass is 10.3. The van der Waals surface area contributed by atoms with E-state index in [1.54, 1.807) is 18.2 Å². The number of nitrogen functional groups attached to an aromatic ring is 1. The van der Waals surface area contributed by atoms with Gasteiger partial charge < -0.3 is 5.43 Å². The van der Waals surface area contributed by atoms with Gasteiger partial charge in [-0.2, -0.15) is 0 Å². The topological polar surface area (TPSA) is 110 Å². The zero-order chi connectivity index (χ0) is 12.3. The molecule has 90 valence electrons. The van der Waals surface area contributed by atoms with Crippen molar-refractivity contribution in [2.24, 2.45) is 5.84 Å². The summed E-state index contributed by atoms with van der Waals surface area (Å²) in [5, 5.41) is 7.36. The highest BCUT2D eigenvalue weighted by atomic mass is 32.2. The minimum atomic E-state index is -3.71. The number of hydrazine groups is 1. The lowest BCUT2D eigenvalue weighted by Gasteiger charge is -2.09. The number of benzene rings is 1. The fraction of sp³-hybridized carbons (Fsp3) is 0. The normalized spacial score (nSPS) is 11.1. The molecule has 0 spiro atoms. The van der Waals surface area contributed by atoms with Gasteiger partial charge in [-0.25, -0.2) is 8.42 Å². The predicted molar refractivity (Wildman–Crippen MR) is 65.0 cm³/mol. The summed E-state index contributed by atoms with van der Waals surface area (Å²) in [6, 6.07) is 6.29. The number of para-hydroxylation sites is 1. The fourth-order valence-electron chi connectivity index (χ4n) is 1.21. The molecule has 1 aromatic heterocycles. The van der Waals surface area contributed by atoms with E-state index in [4.69, 9.17) is 5.84 Å². The minimum Gasteiger partial charge on any atom is -0.323 e. The molecule has 0 radical (unpaired) electrons. The quantitative estimate of drug-likeness (QED) is 0.555. The third kappa shape index (κ3) is 2.52. The van der Waals surface area contributed by atoms with E-state index in [0.717, 1.165) is 11.3 Å². The van der Waals surface area contributed by atoms with Gasteiger partial charge in [0.2, 0.25) is 5.13 Å². The van der Waals surface area contributed by atoms with Crippen molar-refractivity contribution in [1.29, 1.82) is 0 Å². The Morgan fingerprint density at radius 1 is 1.29 bits per heavy atom. The number of nitrogens with zero attached hydrogens (tertiary/aromatic N) is 2. The Morgan fingerprint density at radius 3 is 2.71 bits per heavy atom. The number of aromatic nitrogens is 2. The Morgan fingerprint density at radius 2 is 2.06 bits per heavy atom. The van der Waals surface area contributed by atoms with Crippen LogP contribution in [-0.2, 0) is 10.0 Å². The first-order chi connectivity index (χ1) is 8.13. The standard InChI is InChI=1S/C8H9N5O2S2/c9-11-6-3-1-2-4-7(6)17(14,15)13-8-12-10-5-16-8/h1-5,11H,9H2,(H,12,13). The molecule has 0 aliphatic carbocycles. The maximum Gasteiger partial charge on any atom is 0.265 e.